The molecule has 0 amide bonds. The third-order valence-electron chi connectivity index (χ3n) is 4.11. The smallest absolute Gasteiger partial charge is 0.213 e. The van der Waals surface area contributed by atoms with Crippen molar-refractivity contribution in [3.05, 3.63) is 40.5 Å². The molecule has 114 valence electrons. The van der Waals surface area contributed by atoms with E-state index in [0.29, 0.717) is 27.8 Å². The molecule has 0 bridgehead atoms. The van der Waals surface area contributed by atoms with Gasteiger partial charge in [0.1, 0.15) is 5.01 Å². The first kappa shape index (κ1) is 13.8. The third-order valence-corrected chi connectivity index (χ3v) is 5.18. The SMILES string of the molecule is OCc1c(-c2ccc(F)c(F)c2)nc2sc(C3CCC3)nn12. The average molecular weight is 321 g/mol. The van der Waals surface area contributed by atoms with E-state index in [2.05, 4.69) is 10.1 Å². The Morgan fingerprint density at radius 3 is 2.73 bits per heavy atom. The predicted octanol–water partition coefficient (Wildman–Crippen LogP) is 3.50. The van der Waals surface area contributed by atoms with Crippen LogP contribution in [0.3, 0.4) is 0 Å². The Labute approximate surface area is 129 Å². The number of imidazole rings is 1. The Balaban J connectivity index is 1.83. The molecule has 4 nitrogen and oxygen atoms in total. The minimum atomic E-state index is -0.930. The predicted molar refractivity (Wildman–Crippen MR) is 78.7 cm³/mol. The Kier molecular flexibility index (Phi) is 3.19. The summed E-state index contributed by atoms with van der Waals surface area (Å²) in [5.41, 5.74) is 1.38. The third kappa shape index (κ3) is 2.04. The highest BCUT2D eigenvalue weighted by Crippen LogP contribution is 2.39. The van der Waals surface area contributed by atoms with Crippen LogP contribution in [0.5, 0.6) is 0 Å². The maximum Gasteiger partial charge on any atom is 0.213 e. The van der Waals surface area contributed by atoms with Crippen molar-refractivity contribution in [2.24, 2.45) is 0 Å². The monoisotopic (exact) mass is 321 g/mol. The maximum absolute atomic E-state index is 13.4. The summed E-state index contributed by atoms with van der Waals surface area (Å²) in [4.78, 5) is 5.13. The van der Waals surface area contributed by atoms with Gasteiger partial charge in [-0.15, -0.1) is 0 Å². The number of halogens is 2. The molecule has 0 spiro atoms. The number of aliphatic hydroxyl groups is 1. The van der Waals surface area contributed by atoms with Crippen LogP contribution >= 0.6 is 11.3 Å². The van der Waals surface area contributed by atoms with Gasteiger partial charge in [0.2, 0.25) is 4.96 Å². The molecule has 1 fully saturated rings. The Bertz CT molecular complexity index is 854. The van der Waals surface area contributed by atoms with E-state index in [0.717, 1.165) is 30.0 Å². The van der Waals surface area contributed by atoms with Crippen molar-refractivity contribution in [1.82, 2.24) is 14.6 Å². The van der Waals surface area contributed by atoms with Crippen molar-refractivity contribution >= 4 is 16.3 Å². The second-order valence-electron chi connectivity index (χ2n) is 5.46. The molecule has 1 aliphatic carbocycles. The molecule has 1 saturated carbocycles. The highest BCUT2D eigenvalue weighted by Gasteiger charge is 2.25. The summed E-state index contributed by atoms with van der Waals surface area (Å²) in [5, 5.41) is 15.2. The molecule has 7 heteroatoms. The van der Waals surface area contributed by atoms with Crippen molar-refractivity contribution in [2.45, 2.75) is 31.8 Å². The molecule has 0 aliphatic heterocycles. The second-order valence-corrected chi connectivity index (χ2v) is 6.44. The highest BCUT2D eigenvalue weighted by molar-refractivity contribution is 7.16. The van der Waals surface area contributed by atoms with Crippen LogP contribution in [0, 0.1) is 11.6 Å². The van der Waals surface area contributed by atoms with Crippen molar-refractivity contribution in [2.75, 3.05) is 0 Å². The fourth-order valence-corrected chi connectivity index (χ4v) is 3.73. The number of benzene rings is 1. The largest absolute Gasteiger partial charge is 0.390 e. The van der Waals surface area contributed by atoms with Gasteiger partial charge in [0.25, 0.3) is 0 Å². The van der Waals surface area contributed by atoms with Crippen molar-refractivity contribution in [3.63, 3.8) is 0 Å². The summed E-state index contributed by atoms with van der Waals surface area (Å²) in [5.74, 6) is -1.34. The van der Waals surface area contributed by atoms with Gasteiger partial charge < -0.3 is 5.11 Å². The number of rotatable bonds is 3. The van der Waals surface area contributed by atoms with Crippen LogP contribution in [0.15, 0.2) is 18.2 Å². The lowest BCUT2D eigenvalue weighted by Crippen LogP contribution is -2.09. The first-order valence-corrected chi connectivity index (χ1v) is 7.93. The van der Waals surface area contributed by atoms with Crippen molar-refractivity contribution in [3.8, 4) is 11.3 Å². The van der Waals surface area contributed by atoms with E-state index in [1.807, 2.05) is 0 Å². The molecular weight excluding hydrogens is 308 g/mol. The lowest BCUT2D eigenvalue weighted by molar-refractivity contribution is 0.274. The number of hydrogen-bond donors (Lipinski definition) is 1. The van der Waals surface area contributed by atoms with Gasteiger partial charge in [-0.05, 0) is 31.0 Å². The zero-order valence-corrected chi connectivity index (χ0v) is 12.4. The minimum absolute atomic E-state index is 0.261. The van der Waals surface area contributed by atoms with Crippen LogP contribution in [-0.4, -0.2) is 19.7 Å². The normalized spacial score (nSPS) is 15.4. The molecule has 0 saturated heterocycles. The highest BCUT2D eigenvalue weighted by atomic mass is 32.1. The van der Waals surface area contributed by atoms with Crippen LogP contribution in [0.2, 0.25) is 0 Å². The van der Waals surface area contributed by atoms with Gasteiger partial charge in [0, 0.05) is 11.5 Å². The molecule has 3 aromatic rings. The molecule has 2 heterocycles. The van der Waals surface area contributed by atoms with Crippen LogP contribution < -0.4 is 0 Å². The van der Waals surface area contributed by atoms with Gasteiger partial charge in [-0.25, -0.2) is 18.3 Å². The lowest BCUT2D eigenvalue weighted by atomic mass is 9.86. The zero-order chi connectivity index (χ0) is 15.3. The number of aliphatic hydroxyl groups excluding tert-OH is 1. The number of aromatic nitrogens is 3. The summed E-state index contributed by atoms with van der Waals surface area (Å²) < 4.78 is 28.1. The minimum Gasteiger partial charge on any atom is -0.390 e. The molecule has 22 heavy (non-hydrogen) atoms. The van der Waals surface area contributed by atoms with E-state index in [4.69, 9.17) is 0 Å². The van der Waals surface area contributed by atoms with Crippen molar-refractivity contribution in [1.29, 1.82) is 0 Å². The Hall–Kier alpha value is -1.86. The summed E-state index contributed by atoms with van der Waals surface area (Å²) in [6, 6.07) is 3.61. The molecule has 0 atom stereocenters. The molecule has 4 rings (SSSR count). The fourth-order valence-electron chi connectivity index (χ4n) is 2.64. The van der Waals surface area contributed by atoms with E-state index in [9.17, 15) is 13.9 Å². The summed E-state index contributed by atoms with van der Waals surface area (Å²) in [7, 11) is 0. The van der Waals surface area contributed by atoms with Gasteiger partial charge in [-0.3, -0.25) is 0 Å². The van der Waals surface area contributed by atoms with E-state index < -0.39 is 11.6 Å². The zero-order valence-electron chi connectivity index (χ0n) is 11.6. The fraction of sp³-hybridized carbons (Fsp3) is 0.333. The van der Waals surface area contributed by atoms with Gasteiger partial charge in [0.15, 0.2) is 11.6 Å². The first-order chi connectivity index (χ1) is 10.7. The number of fused-ring (bicyclic) bond motifs is 1. The maximum atomic E-state index is 13.4. The van der Waals surface area contributed by atoms with E-state index in [1.165, 1.54) is 23.8 Å². The summed E-state index contributed by atoms with van der Waals surface area (Å²) in [6.07, 6.45) is 3.50. The van der Waals surface area contributed by atoms with Crippen molar-refractivity contribution < 1.29 is 13.9 Å². The van der Waals surface area contributed by atoms with E-state index in [-0.39, 0.29) is 6.61 Å². The van der Waals surface area contributed by atoms with Crippen LogP contribution in [0.1, 0.15) is 35.9 Å². The number of hydrogen-bond acceptors (Lipinski definition) is 4. The standard InChI is InChI=1S/C15H13F2N3OS/c16-10-5-4-9(6-11(10)17)13-12(7-21)20-15(18-13)22-14(19-20)8-2-1-3-8/h4-6,8,21H,1-3,7H2. The molecule has 1 aromatic carbocycles. The van der Waals surface area contributed by atoms with Gasteiger partial charge in [-0.2, -0.15) is 5.10 Å². The van der Waals surface area contributed by atoms with Gasteiger partial charge >= 0.3 is 0 Å². The summed E-state index contributed by atoms with van der Waals surface area (Å²) in [6.45, 7) is -0.261. The topological polar surface area (TPSA) is 50.4 Å². The van der Waals surface area contributed by atoms with Gasteiger partial charge in [-0.1, -0.05) is 17.8 Å². The molecule has 0 unspecified atom stereocenters. The van der Waals surface area contributed by atoms with E-state index >= 15 is 0 Å². The molecule has 2 aromatic heterocycles. The Morgan fingerprint density at radius 2 is 2.09 bits per heavy atom. The first-order valence-electron chi connectivity index (χ1n) is 7.12. The average Bonchev–Trinajstić information content (AvgIpc) is 2.97. The number of nitrogens with zero attached hydrogens (tertiary/aromatic N) is 3. The molecule has 0 radical (unpaired) electrons. The molecular formula is C15H13F2N3OS. The van der Waals surface area contributed by atoms with Crippen LogP contribution in [0.25, 0.3) is 16.2 Å². The second kappa shape index (κ2) is 5.10. The quantitative estimate of drug-likeness (QED) is 0.803. The summed E-state index contributed by atoms with van der Waals surface area (Å²) >= 11 is 1.50. The lowest BCUT2D eigenvalue weighted by Gasteiger charge is -2.21. The molecule has 1 aliphatic rings. The Morgan fingerprint density at radius 1 is 1.27 bits per heavy atom. The van der Waals surface area contributed by atoms with E-state index in [1.54, 1.807) is 4.52 Å². The van der Waals surface area contributed by atoms with Crippen LogP contribution in [0.4, 0.5) is 8.78 Å². The van der Waals surface area contributed by atoms with Gasteiger partial charge in [0.05, 0.1) is 18.0 Å². The molecule has 1 N–H and O–H groups in total. The van der Waals surface area contributed by atoms with Crippen LogP contribution in [-0.2, 0) is 6.61 Å².